The summed E-state index contributed by atoms with van der Waals surface area (Å²) >= 11 is 3.47. The second-order valence-electron chi connectivity index (χ2n) is 5.99. The SMILES string of the molecule is Cc1ccc(NC(=O)c2cncc(NCCC(C)C)c2)cc1Br. The second kappa shape index (κ2) is 8.11. The average molecular weight is 376 g/mol. The van der Waals surface area contributed by atoms with E-state index in [4.69, 9.17) is 0 Å². The van der Waals surface area contributed by atoms with E-state index in [0.29, 0.717) is 11.5 Å². The van der Waals surface area contributed by atoms with Crippen LogP contribution in [0.5, 0.6) is 0 Å². The average Bonchev–Trinajstić information content (AvgIpc) is 2.51. The van der Waals surface area contributed by atoms with Gasteiger partial charge in [0.05, 0.1) is 11.3 Å². The van der Waals surface area contributed by atoms with Gasteiger partial charge in [-0.1, -0.05) is 35.8 Å². The van der Waals surface area contributed by atoms with Crippen LogP contribution in [-0.4, -0.2) is 17.4 Å². The van der Waals surface area contributed by atoms with E-state index < -0.39 is 0 Å². The smallest absolute Gasteiger partial charge is 0.257 e. The normalized spacial score (nSPS) is 10.7. The topological polar surface area (TPSA) is 54.0 Å². The number of aryl methyl sites for hydroxylation is 1. The predicted octanol–water partition coefficient (Wildman–Crippen LogP) is 4.86. The van der Waals surface area contributed by atoms with Crippen LogP contribution in [0.25, 0.3) is 0 Å². The number of amides is 1. The first kappa shape index (κ1) is 17.5. The number of hydrogen-bond acceptors (Lipinski definition) is 3. The van der Waals surface area contributed by atoms with Crippen LogP contribution >= 0.6 is 15.9 Å². The van der Waals surface area contributed by atoms with Crippen molar-refractivity contribution in [3.05, 3.63) is 52.3 Å². The maximum atomic E-state index is 12.4. The highest BCUT2D eigenvalue weighted by Crippen LogP contribution is 2.21. The van der Waals surface area contributed by atoms with E-state index in [9.17, 15) is 4.79 Å². The minimum absolute atomic E-state index is 0.166. The molecule has 0 saturated carbocycles. The molecule has 2 aromatic rings. The number of hydrogen-bond donors (Lipinski definition) is 2. The summed E-state index contributed by atoms with van der Waals surface area (Å²) in [6, 6.07) is 7.56. The molecule has 1 aromatic carbocycles. The second-order valence-corrected chi connectivity index (χ2v) is 6.84. The molecule has 0 saturated heterocycles. The van der Waals surface area contributed by atoms with Gasteiger partial charge in [-0.2, -0.15) is 0 Å². The fourth-order valence-electron chi connectivity index (χ4n) is 2.04. The summed E-state index contributed by atoms with van der Waals surface area (Å²) in [4.78, 5) is 16.5. The number of rotatable bonds is 6. The van der Waals surface area contributed by atoms with E-state index in [1.54, 1.807) is 12.4 Å². The highest BCUT2D eigenvalue weighted by Gasteiger charge is 2.08. The zero-order chi connectivity index (χ0) is 16.8. The Morgan fingerprint density at radius 1 is 1.22 bits per heavy atom. The molecule has 5 heteroatoms. The van der Waals surface area contributed by atoms with Crippen LogP contribution in [0.2, 0.25) is 0 Å². The summed E-state index contributed by atoms with van der Waals surface area (Å²) in [6.45, 7) is 7.24. The van der Waals surface area contributed by atoms with Crippen molar-refractivity contribution in [3.63, 3.8) is 0 Å². The molecule has 0 bridgehead atoms. The van der Waals surface area contributed by atoms with E-state index in [1.807, 2.05) is 31.2 Å². The summed E-state index contributed by atoms with van der Waals surface area (Å²) in [7, 11) is 0. The summed E-state index contributed by atoms with van der Waals surface area (Å²) in [5.74, 6) is 0.475. The minimum Gasteiger partial charge on any atom is -0.384 e. The Balaban J connectivity index is 2.02. The summed E-state index contributed by atoms with van der Waals surface area (Å²) in [5.41, 5.74) is 3.28. The highest BCUT2D eigenvalue weighted by atomic mass is 79.9. The molecule has 4 nitrogen and oxygen atoms in total. The van der Waals surface area contributed by atoms with E-state index in [-0.39, 0.29) is 5.91 Å². The van der Waals surface area contributed by atoms with Gasteiger partial charge in [-0.3, -0.25) is 9.78 Å². The van der Waals surface area contributed by atoms with E-state index in [0.717, 1.165) is 34.4 Å². The number of pyridine rings is 1. The van der Waals surface area contributed by atoms with Crippen molar-refractivity contribution < 1.29 is 4.79 Å². The first-order valence-electron chi connectivity index (χ1n) is 7.72. The van der Waals surface area contributed by atoms with Crippen LogP contribution in [0.15, 0.2) is 41.1 Å². The first-order valence-corrected chi connectivity index (χ1v) is 8.51. The zero-order valence-electron chi connectivity index (χ0n) is 13.7. The Kier molecular flexibility index (Phi) is 6.16. The van der Waals surface area contributed by atoms with Crippen molar-refractivity contribution in [2.45, 2.75) is 27.2 Å². The van der Waals surface area contributed by atoms with E-state index in [1.165, 1.54) is 0 Å². The first-order chi connectivity index (χ1) is 11.0. The molecule has 0 aliphatic carbocycles. The fraction of sp³-hybridized carbons (Fsp3) is 0.333. The van der Waals surface area contributed by atoms with Gasteiger partial charge in [-0.05, 0) is 43.0 Å². The molecule has 0 aliphatic rings. The fourth-order valence-corrected chi connectivity index (χ4v) is 2.42. The molecular formula is C18H22BrN3O. The number of anilines is 2. The van der Waals surface area contributed by atoms with Gasteiger partial charge in [0, 0.05) is 29.1 Å². The molecule has 23 heavy (non-hydrogen) atoms. The molecule has 0 fully saturated rings. The molecular weight excluding hydrogens is 354 g/mol. The standard InChI is InChI=1S/C18H22BrN3O/c1-12(2)6-7-21-16-8-14(10-20-11-16)18(23)22-15-5-4-13(3)17(19)9-15/h4-5,8-12,21H,6-7H2,1-3H3,(H,22,23). The van der Waals surface area contributed by atoms with Gasteiger partial charge < -0.3 is 10.6 Å². The van der Waals surface area contributed by atoms with Gasteiger partial charge in [-0.15, -0.1) is 0 Å². The van der Waals surface area contributed by atoms with Gasteiger partial charge in [0.2, 0.25) is 0 Å². The third-order valence-electron chi connectivity index (χ3n) is 3.48. The van der Waals surface area contributed by atoms with E-state index >= 15 is 0 Å². The van der Waals surface area contributed by atoms with Crippen LogP contribution in [0.4, 0.5) is 11.4 Å². The molecule has 2 rings (SSSR count). The summed E-state index contributed by atoms with van der Waals surface area (Å²) in [6.07, 6.45) is 4.39. The Morgan fingerprint density at radius 3 is 2.70 bits per heavy atom. The summed E-state index contributed by atoms with van der Waals surface area (Å²) in [5, 5.41) is 6.19. The van der Waals surface area contributed by atoms with Crippen molar-refractivity contribution in [3.8, 4) is 0 Å². The monoisotopic (exact) mass is 375 g/mol. The molecule has 2 N–H and O–H groups in total. The Labute approximate surface area is 145 Å². The van der Waals surface area contributed by atoms with Crippen molar-refractivity contribution in [2.75, 3.05) is 17.2 Å². The number of carbonyl (C=O) groups is 1. The molecule has 1 heterocycles. The lowest BCUT2D eigenvalue weighted by Gasteiger charge is -2.10. The molecule has 0 unspecified atom stereocenters. The molecule has 1 amide bonds. The largest absolute Gasteiger partial charge is 0.384 e. The van der Waals surface area contributed by atoms with Crippen LogP contribution in [0.1, 0.15) is 36.2 Å². The number of benzene rings is 1. The zero-order valence-corrected chi connectivity index (χ0v) is 15.3. The van der Waals surface area contributed by atoms with Crippen LogP contribution < -0.4 is 10.6 Å². The lowest BCUT2D eigenvalue weighted by atomic mass is 10.1. The quantitative estimate of drug-likeness (QED) is 0.757. The number of carbonyl (C=O) groups excluding carboxylic acids is 1. The Hall–Kier alpha value is -1.88. The lowest BCUT2D eigenvalue weighted by Crippen LogP contribution is -2.13. The minimum atomic E-state index is -0.166. The number of halogens is 1. The molecule has 122 valence electrons. The van der Waals surface area contributed by atoms with Crippen molar-refractivity contribution >= 4 is 33.2 Å². The van der Waals surface area contributed by atoms with Gasteiger partial charge >= 0.3 is 0 Å². The Morgan fingerprint density at radius 2 is 2.00 bits per heavy atom. The number of nitrogens with zero attached hydrogens (tertiary/aromatic N) is 1. The molecule has 0 radical (unpaired) electrons. The Bertz CT molecular complexity index is 686. The highest BCUT2D eigenvalue weighted by molar-refractivity contribution is 9.10. The van der Waals surface area contributed by atoms with Crippen LogP contribution in [0, 0.1) is 12.8 Å². The molecule has 1 aromatic heterocycles. The van der Waals surface area contributed by atoms with Crippen molar-refractivity contribution in [1.82, 2.24) is 4.98 Å². The van der Waals surface area contributed by atoms with E-state index in [2.05, 4.69) is 45.4 Å². The third-order valence-corrected chi connectivity index (χ3v) is 4.34. The van der Waals surface area contributed by atoms with Crippen LogP contribution in [0.3, 0.4) is 0 Å². The van der Waals surface area contributed by atoms with Gasteiger partial charge in [-0.25, -0.2) is 0 Å². The van der Waals surface area contributed by atoms with Gasteiger partial charge in [0.15, 0.2) is 0 Å². The summed E-state index contributed by atoms with van der Waals surface area (Å²) < 4.78 is 0.970. The third kappa shape index (κ3) is 5.36. The van der Waals surface area contributed by atoms with Crippen LogP contribution in [-0.2, 0) is 0 Å². The molecule has 0 aliphatic heterocycles. The lowest BCUT2D eigenvalue weighted by molar-refractivity contribution is 0.102. The molecule has 0 atom stereocenters. The number of nitrogens with one attached hydrogen (secondary N) is 2. The van der Waals surface area contributed by atoms with Gasteiger partial charge in [0.1, 0.15) is 0 Å². The van der Waals surface area contributed by atoms with Gasteiger partial charge in [0.25, 0.3) is 5.91 Å². The maximum absolute atomic E-state index is 12.4. The predicted molar refractivity (Wildman–Crippen MR) is 99.0 cm³/mol. The van der Waals surface area contributed by atoms with Crippen molar-refractivity contribution in [2.24, 2.45) is 5.92 Å². The van der Waals surface area contributed by atoms with Crippen molar-refractivity contribution in [1.29, 1.82) is 0 Å². The number of aromatic nitrogens is 1. The molecule has 0 spiro atoms. The maximum Gasteiger partial charge on any atom is 0.257 e.